The van der Waals surface area contributed by atoms with Crippen molar-refractivity contribution in [1.29, 1.82) is 0 Å². The number of benzene rings is 1. The van der Waals surface area contributed by atoms with Crippen LogP contribution in [-0.4, -0.2) is 22.1 Å². The molecule has 0 spiro atoms. The molecule has 0 aliphatic heterocycles. The first kappa shape index (κ1) is 15.6. The van der Waals surface area contributed by atoms with Gasteiger partial charge >= 0.3 is 0 Å². The summed E-state index contributed by atoms with van der Waals surface area (Å²) in [6, 6.07) is 9.82. The van der Waals surface area contributed by atoms with Gasteiger partial charge in [0.25, 0.3) is 0 Å². The Morgan fingerprint density at radius 1 is 1.10 bits per heavy atom. The lowest BCUT2D eigenvalue weighted by molar-refractivity contribution is 0.630. The number of aromatic nitrogens is 2. The van der Waals surface area contributed by atoms with Crippen molar-refractivity contribution < 1.29 is 0 Å². The van der Waals surface area contributed by atoms with Crippen LogP contribution >= 0.6 is 11.6 Å². The first-order chi connectivity index (χ1) is 9.92. The minimum Gasteiger partial charge on any atom is -0.370 e. The van der Waals surface area contributed by atoms with E-state index in [1.54, 1.807) is 6.33 Å². The maximum absolute atomic E-state index is 5.97. The zero-order valence-electron chi connectivity index (χ0n) is 12.7. The molecule has 0 atom stereocenters. The van der Waals surface area contributed by atoms with Crippen LogP contribution in [0.4, 0.5) is 11.6 Å². The van der Waals surface area contributed by atoms with Crippen molar-refractivity contribution in [1.82, 2.24) is 9.97 Å². The number of rotatable bonds is 5. The Hall–Kier alpha value is -1.81. The molecule has 5 heteroatoms. The summed E-state index contributed by atoms with van der Waals surface area (Å²) in [6.07, 6.45) is 2.46. The predicted octanol–water partition coefficient (Wildman–Crippen LogP) is 4.00. The average Bonchev–Trinajstić information content (AvgIpc) is 2.37. The molecular weight excluding hydrogens is 284 g/mol. The summed E-state index contributed by atoms with van der Waals surface area (Å²) in [5.74, 6) is 1.64. The Bertz CT molecular complexity index is 593. The molecule has 2 N–H and O–H groups in total. The third-order valence-corrected chi connectivity index (χ3v) is 3.01. The molecule has 1 aromatic heterocycles. The second-order valence-electron chi connectivity index (χ2n) is 5.97. The molecule has 112 valence electrons. The Balaban J connectivity index is 1.90. The van der Waals surface area contributed by atoms with Crippen molar-refractivity contribution in [3.8, 4) is 0 Å². The highest BCUT2D eigenvalue weighted by Crippen LogP contribution is 2.15. The Labute approximate surface area is 131 Å². The molecule has 0 bridgehead atoms. The molecule has 0 fully saturated rings. The van der Waals surface area contributed by atoms with Crippen molar-refractivity contribution in [2.45, 2.75) is 32.7 Å². The van der Waals surface area contributed by atoms with E-state index in [0.717, 1.165) is 29.6 Å². The number of hydrogen-bond acceptors (Lipinski definition) is 4. The van der Waals surface area contributed by atoms with Gasteiger partial charge in [-0.05, 0) is 44.9 Å². The van der Waals surface area contributed by atoms with Crippen LogP contribution in [0.15, 0.2) is 36.7 Å². The second-order valence-corrected chi connectivity index (χ2v) is 6.41. The quantitative estimate of drug-likeness (QED) is 0.877. The molecule has 0 aliphatic rings. The van der Waals surface area contributed by atoms with Gasteiger partial charge in [0.05, 0.1) is 0 Å². The SMILES string of the molecule is CC(C)(C)Nc1cc(NCCc2cccc(Cl)c2)ncn1. The third-order valence-electron chi connectivity index (χ3n) is 2.78. The smallest absolute Gasteiger partial charge is 0.131 e. The fourth-order valence-electron chi connectivity index (χ4n) is 1.93. The number of nitrogens with one attached hydrogen (secondary N) is 2. The van der Waals surface area contributed by atoms with Gasteiger partial charge in [0.15, 0.2) is 0 Å². The first-order valence-corrected chi connectivity index (χ1v) is 7.39. The normalized spacial score (nSPS) is 11.2. The summed E-state index contributed by atoms with van der Waals surface area (Å²) in [7, 11) is 0. The summed E-state index contributed by atoms with van der Waals surface area (Å²) in [5, 5.41) is 7.40. The van der Waals surface area contributed by atoms with E-state index in [-0.39, 0.29) is 5.54 Å². The topological polar surface area (TPSA) is 49.8 Å². The highest BCUT2D eigenvalue weighted by molar-refractivity contribution is 6.30. The van der Waals surface area contributed by atoms with Gasteiger partial charge in [0.1, 0.15) is 18.0 Å². The summed E-state index contributed by atoms with van der Waals surface area (Å²) < 4.78 is 0. The molecule has 0 radical (unpaired) electrons. The lowest BCUT2D eigenvalue weighted by atomic mass is 10.1. The molecule has 4 nitrogen and oxygen atoms in total. The van der Waals surface area contributed by atoms with Crippen molar-refractivity contribution in [2.75, 3.05) is 17.2 Å². The van der Waals surface area contributed by atoms with Gasteiger partial charge in [-0.1, -0.05) is 23.7 Å². The molecular formula is C16H21ClN4. The second kappa shape index (κ2) is 6.76. The van der Waals surface area contributed by atoms with E-state index in [4.69, 9.17) is 11.6 Å². The van der Waals surface area contributed by atoms with Crippen LogP contribution in [0.3, 0.4) is 0 Å². The molecule has 0 saturated heterocycles. The van der Waals surface area contributed by atoms with Crippen molar-refractivity contribution in [3.05, 3.63) is 47.2 Å². The molecule has 2 rings (SSSR count). The summed E-state index contributed by atoms with van der Waals surface area (Å²) >= 11 is 5.97. The van der Waals surface area contributed by atoms with Gasteiger partial charge in [0.2, 0.25) is 0 Å². The van der Waals surface area contributed by atoms with E-state index in [9.17, 15) is 0 Å². The van der Waals surface area contributed by atoms with Crippen molar-refractivity contribution in [2.24, 2.45) is 0 Å². The minimum atomic E-state index is -0.0214. The molecule has 0 aliphatic carbocycles. The van der Waals surface area contributed by atoms with E-state index in [1.165, 1.54) is 5.56 Å². The molecule has 0 saturated carbocycles. The van der Waals surface area contributed by atoms with Gasteiger partial charge in [-0.3, -0.25) is 0 Å². The highest BCUT2D eigenvalue weighted by atomic mass is 35.5. The molecule has 0 unspecified atom stereocenters. The van der Waals surface area contributed by atoms with Gasteiger partial charge < -0.3 is 10.6 Å². The molecule has 0 amide bonds. The van der Waals surface area contributed by atoms with E-state index in [0.29, 0.717) is 0 Å². The number of nitrogens with zero attached hydrogens (tertiary/aromatic N) is 2. The van der Waals surface area contributed by atoms with E-state index in [2.05, 4.69) is 47.4 Å². The Morgan fingerprint density at radius 3 is 2.57 bits per heavy atom. The van der Waals surface area contributed by atoms with Gasteiger partial charge in [-0.25, -0.2) is 9.97 Å². The maximum Gasteiger partial charge on any atom is 0.131 e. The van der Waals surface area contributed by atoms with Gasteiger partial charge in [0, 0.05) is 23.2 Å². The van der Waals surface area contributed by atoms with Crippen LogP contribution in [0.25, 0.3) is 0 Å². The third kappa shape index (κ3) is 5.60. The highest BCUT2D eigenvalue weighted by Gasteiger charge is 2.10. The molecule has 1 heterocycles. The van der Waals surface area contributed by atoms with Crippen LogP contribution < -0.4 is 10.6 Å². The molecule has 1 aromatic carbocycles. The van der Waals surface area contributed by atoms with E-state index < -0.39 is 0 Å². The number of anilines is 2. The summed E-state index contributed by atoms with van der Waals surface area (Å²) in [4.78, 5) is 8.45. The van der Waals surface area contributed by atoms with Crippen LogP contribution in [-0.2, 0) is 6.42 Å². The molecule has 2 aromatic rings. The zero-order chi connectivity index (χ0) is 15.3. The average molecular weight is 305 g/mol. The maximum atomic E-state index is 5.97. The van der Waals surface area contributed by atoms with E-state index in [1.807, 2.05) is 24.3 Å². The van der Waals surface area contributed by atoms with Gasteiger partial charge in [-0.2, -0.15) is 0 Å². The minimum absolute atomic E-state index is 0.0214. The Kier molecular flexibility index (Phi) is 5.02. The van der Waals surface area contributed by atoms with Crippen LogP contribution in [0.2, 0.25) is 5.02 Å². The van der Waals surface area contributed by atoms with Crippen LogP contribution in [0.1, 0.15) is 26.3 Å². The van der Waals surface area contributed by atoms with Crippen molar-refractivity contribution >= 4 is 23.2 Å². The summed E-state index contributed by atoms with van der Waals surface area (Å²) in [5.41, 5.74) is 1.18. The van der Waals surface area contributed by atoms with E-state index >= 15 is 0 Å². The lowest BCUT2D eigenvalue weighted by Gasteiger charge is -2.21. The lowest BCUT2D eigenvalue weighted by Crippen LogP contribution is -2.26. The summed E-state index contributed by atoms with van der Waals surface area (Å²) in [6.45, 7) is 7.09. The predicted molar refractivity (Wildman–Crippen MR) is 89.1 cm³/mol. The first-order valence-electron chi connectivity index (χ1n) is 7.01. The standard InChI is InChI=1S/C16H21ClN4/c1-16(2,3)21-15-10-14(19-11-20-15)18-8-7-12-5-4-6-13(17)9-12/h4-6,9-11H,7-8H2,1-3H3,(H2,18,19,20,21). The largest absolute Gasteiger partial charge is 0.370 e. The van der Waals surface area contributed by atoms with Crippen LogP contribution in [0, 0.1) is 0 Å². The fraction of sp³-hybridized carbons (Fsp3) is 0.375. The zero-order valence-corrected chi connectivity index (χ0v) is 13.4. The number of halogens is 1. The monoisotopic (exact) mass is 304 g/mol. The number of hydrogen-bond donors (Lipinski definition) is 2. The van der Waals surface area contributed by atoms with Crippen molar-refractivity contribution in [3.63, 3.8) is 0 Å². The fourth-order valence-corrected chi connectivity index (χ4v) is 2.15. The van der Waals surface area contributed by atoms with Gasteiger partial charge in [-0.15, -0.1) is 0 Å². The molecule has 21 heavy (non-hydrogen) atoms. The Morgan fingerprint density at radius 2 is 1.86 bits per heavy atom. The van der Waals surface area contributed by atoms with Crippen LogP contribution in [0.5, 0.6) is 0 Å².